The van der Waals surface area contributed by atoms with Gasteiger partial charge in [0.2, 0.25) is 11.7 Å². The van der Waals surface area contributed by atoms with Crippen LogP contribution in [-0.2, 0) is 6.42 Å². The van der Waals surface area contributed by atoms with Gasteiger partial charge in [0.25, 0.3) is 5.91 Å². The summed E-state index contributed by atoms with van der Waals surface area (Å²) in [4.78, 5) is 20.7. The summed E-state index contributed by atoms with van der Waals surface area (Å²) in [5, 5.41) is 4.18. The van der Waals surface area contributed by atoms with Crippen LogP contribution in [0.15, 0.2) is 34.9 Å². The van der Waals surface area contributed by atoms with Crippen molar-refractivity contribution in [3.63, 3.8) is 0 Å². The fourth-order valence-electron chi connectivity index (χ4n) is 1.86. The molecule has 0 aliphatic heterocycles. The molecule has 0 aliphatic carbocycles. The lowest BCUT2D eigenvalue weighted by Gasteiger charge is -1.97. The van der Waals surface area contributed by atoms with Crippen LogP contribution in [0.25, 0.3) is 22.0 Å². The first-order chi connectivity index (χ1) is 10.2. The molecule has 2 N–H and O–H groups in total. The molecule has 3 aromatic rings. The zero-order valence-corrected chi connectivity index (χ0v) is 12.1. The Hall–Kier alpha value is -2.54. The number of nitrogens with zero attached hydrogens (tertiary/aromatic N) is 3. The van der Waals surface area contributed by atoms with E-state index in [2.05, 4.69) is 15.1 Å². The van der Waals surface area contributed by atoms with Crippen molar-refractivity contribution in [3.05, 3.63) is 41.2 Å². The van der Waals surface area contributed by atoms with E-state index in [1.807, 2.05) is 37.3 Å². The number of hydrogen-bond donors (Lipinski definition) is 1. The highest BCUT2D eigenvalue weighted by atomic mass is 32.1. The summed E-state index contributed by atoms with van der Waals surface area (Å²) in [5.74, 6) is 0.399. The van der Waals surface area contributed by atoms with E-state index in [0.29, 0.717) is 28.7 Å². The van der Waals surface area contributed by atoms with E-state index in [1.165, 1.54) is 11.3 Å². The summed E-state index contributed by atoms with van der Waals surface area (Å²) < 4.78 is 5.13. The van der Waals surface area contributed by atoms with Gasteiger partial charge >= 0.3 is 0 Å². The molecular formula is C14H12N4O2S. The molecule has 0 radical (unpaired) electrons. The Morgan fingerprint density at radius 1 is 1.29 bits per heavy atom. The number of amides is 1. The Kier molecular flexibility index (Phi) is 3.49. The number of carbonyl (C=O) groups excluding carboxylic acids is 1. The molecule has 0 aliphatic rings. The second-order valence-electron chi connectivity index (χ2n) is 4.29. The molecule has 7 heteroatoms. The van der Waals surface area contributed by atoms with Gasteiger partial charge in [0.05, 0.1) is 5.69 Å². The average Bonchev–Trinajstić information content (AvgIpc) is 3.14. The minimum absolute atomic E-state index is 0.228. The molecule has 1 amide bonds. The molecule has 0 spiro atoms. The van der Waals surface area contributed by atoms with Gasteiger partial charge in [0.1, 0.15) is 4.88 Å². The first kappa shape index (κ1) is 13.4. The smallest absolute Gasteiger partial charge is 0.277 e. The molecule has 0 unspecified atom stereocenters. The van der Waals surface area contributed by atoms with Crippen LogP contribution in [0.4, 0.5) is 0 Å². The predicted octanol–water partition coefficient (Wildman–Crippen LogP) is 2.52. The van der Waals surface area contributed by atoms with E-state index in [-0.39, 0.29) is 5.01 Å². The quantitative estimate of drug-likeness (QED) is 0.798. The third-order valence-corrected chi connectivity index (χ3v) is 3.92. The van der Waals surface area contributed by atoms with Crippen LogP contribution in [0.2, 0.25) is 0 Å². The minimum Gasteiger partial charge on any atom is -0.364 e. The van der Waals surface area contributed by atoms with Crippen LogP contribution in [-0.4, -0.2) is 21.0 Å². The monoisotopic (exact) mass is 300 g/mol. The second-order valence-corrected chi connectivity index (χ2v) is 5.29. The van der Waals surface area contributed by atoms with Gasteiger partial charge in [-0.15, -0.1) is 11.3 Å². The molecule has 0 bridgehead atoms. The third-order valence-electron chi connectivity index (χ3n) is 2.86. The van der Waals surface area contributed by atoms with Crippen molar-refractivity contribution >= 4 is 17.2 Å². The van der Waals surface area contributed by atoms with Crippen molar-refractivity contribution in [2.24, 2.45) is 5.73 Å². The zero-order chi connectivity index (χ0) is 14.8. The number of benzene rings is 1. The van der Waals surface area contributed by atoms with E-state index < -0.39 is 5.91 Å². The Bertz CT molecular complexity index is 779. The summed E-state index contributed by atoms with van der Waals surface area (Å²) in [6, 6.07) is 9.52. The molecule has 3 rings (SSSR count). The number of thiazole rings is 1. The van der Waals surface area contributed by atoms with E-state index >= 15 is 0 Å². The maximum Gasteiger partial charge on any atom is 0.277 e. The van der Waals surface area contributed by atoms with Crippen LogP contribution in [0.3, 0.4) is 0 Å². The van der Waals surface area contributed by atoms with Gasteiger partial charge in [-0.3, -0.25) is 4.79 Å². The van der Waals surface area contributed by atoms with Gasteiger partial charge in [0, 0.05) is 12.0 Å². The minimum atomic E-state index is -0.567. The highest BCUT2D eigenvalue weighted by molar-refractivity contribution is 7.17. The van der Waals surface area contributed by atoms with E-state index in [1.54, 1.807) is 0 Å². The molecule has 0 saturated carbocycles. The topological polar surface area (TPSA) is 94.9 Å². The van der Waals surface area contributed by atoms with Crippen LogP contribution in [0.5, 0.6) is 0 Å². The van der Waals surface area contributed by atoms with Crippen molar-refractivity contribution in [1.82, 2.24) is 15.1 Å². The largest absolute Gasteiger partial charge is 0.364 e. The van der Waals surface area contributed by atoms with Gasteiger partial charge in [0.15, 0.2) is 5.01 Å². The number of hydrogen-bond acceptors (Lipinski definition) is 6. The molecule has 2 aromatic heterocycles. The molecule has 0 fully saturated rings. The third kappa shape index (κ3) is 2.55. The normalized spacial score (nSPS) is 10.7. The number of carbonyl (C=O) groups is 1. The van der Waals surface area contributed by atoms with E-state index in [4.69, 9.17) is 10.3 Å². The van der Waals surface area contributed by atoms with E-state index in [0.717, 1.165) is 5.56 Å². The fourth-order valence-corrected chi connectivity index (χ4v) is 2.72. The second kappa shape index (κ2) is 5.45. The van der Waals surface area contributed by atoms with Crippen molar-refractivity contribution in [2.75, 3.05) is 0 Å². The molecule has 6 nitrogen and oxygen atoms in total. The number of primary amides is 1. The first-order valence-electron chi connectivity index (χ1n) is 6.38. The highest BCUT2D eigenvalue weighted by Crippen LogP contribution is 2.35. The Morgan fingerprint density at radius 2 is 2.05 bits per heavy atom. The maximum atomic E-state index is 11.4. The molecule has 21 heavy (non-hydrogen) atoms. The standard InChI is InChI=1S/C14H12N4O2S/c1-2-9-16-13(18-20-9)11-10(8-6-4-3-5-7-8)17-14(21-11)12(15)19/h3-7H,2H2,1H3,(H2,15,19). The van der Waals surface area contributed by atoms with Crippen molar-refractivity contribution in [3.8, 4) is 22.0 Å². The van der Waals surface area contributed by atoms with Crippen LogP contribution >= 0.6 is 11.3 Å². The van der Waals surface area contributed by atoms with Gasteiger partial charge in [-0.1, -0.05) is 42.4 Å². The molecule has 106 valence electrons. The summed E-state index contributed by atoms with van der Waals surface area (Å²) in [6.45, 7) is 1.93. The Morgan fingerprint density at radius 3 is 2.67 bits per heavy atom. The Labute approximate surface area is 124 Å². The van der Waals surface area contributed by atoms with Crippen LogP contribution < -0.4 is 5.73 Å². The summed E-state index contributed by atoms with van der Waals surface area (Å²) in [5.41, 5.74) is 6.84. The number of nitrogens with two attached hydrogens (primary N) is 1. The lowest BCUT2D eigenvalue weighted by atomic mass is 10.1. The van der Waals surface area contributed by atoms with Crippen LogP contribution in [0, 0.1) is 0 Å². The molecule has 1 aromatic carbocycles. The maximum absolute atomic E-state index is 11.4. The first-order valence-corrected chi connectivity index (χ1v) is 7.19. The van der Waals surface area contributed by atoms with Gasteiger partial charge in [-0.25, -0.2) is 4.98 Å². The molecule has 0 saturated heterocycles. The zero-order valence-electron chi connectivity index (χ0n) is 11.2. The van der Waals surface area contributed by atoms with E-state index in [9.17, 15) is 4.79 Å². The molecule has 0 atom stereocenters. The van der Waals surface area contributed by atoms with Gasteiger partial charge < -0.3 is 10.3 Å². The summed E-state index contributed by atoms with van der Waals surface area (Å²) >= 11 is 1.17. The number of aromatic nitrogens is 3. The van der Waals surface area contributed by atoms with Crippen molar-refractivity contribution in [1.29, 1.82) is 0 Å². The molecular weight excluding hydrogens is 288 g/mol. The highest BCUT2D eigenvalue weighted by Gasteiger charge is 2.21. The number of rotatable bonds is 4. The lowest BCUT2D eigenvalue weighted by molar-refractivity contribution is 0.1000. The summed E-state index contributed by atoms with van der Waals surface area (Å²) in [6.07, 6.45) is 0.648. The van der Waals surface area contributed by atoms with Crippen LogP contribution in [0.1, 0.15) is 22.6 Å². The average molecular weight is 300 g/mol. The Balaban J connectivity index is 2.16. The fraction of sp³-hybridized carbons (Fsp3) is 0.143. The lowest BCUT2D eigenvalue weighted by Crippen LogP contribution is -2.10. The molecule has 2 heterocycles. The SMILES string of the molecule is CCc1nc(-c2sc(C(N)=O)nc2-c2ccccc2)no1. The van der Waals surface area contributed by atoms with Crippen molar-refractivity contribution < 1.29 is 9.32 Å². The number of aryl methyl sites for hydroxylation is 1. The summed E-state index contributed by atoms with van der Waals surface area (Å²) in [7, 11) is 0. The van der Waals surface area contributed by atoms with Gasteiger partial charge in [-0.2, -0.15) is 4.98 Å². The van der Waals surface area contributed by atoms with Crippen molar-refractivity contribution in [2.45, 2.75) is 13.3 Å². The predicted molar refractivity (Wildman–Crippen MR) is 78.7 cm³/mol. The van der Waals surface area contributed by atoms with Gasteiger partial charge in [-0.05, 0) is 0 Å².